The Morgan fingerprint density at radius 1 is 0.909 bits per heavy atom. The largest absolute Gasteiger partial charge is 0.492 e. The maximum atomic E-state index is 12.9. The molecule has 0 aliphatic rings. The zero-order chi connectivity index (χ0) is 23.8. The number of carbonyl (C=O) groups excluding carboxylic acids is 2. The van der Waals surface area contributed by atoms with E-state index >= 15 is 0 Å². The molecule has 5 nitrogen and oxygen atoms in total. The van der Waals surface area contributed by atoms with Crippen LogP contribution in [0.3, 0.4) is 0 Å². The average Bonchev–Trinajstić information content (AvgIpc) is 2.80. The van der Waals surface area contributed by atoms with E-state index in [1.165, 1.54) is 0 Å². The molecule has 0 heterocycles. The minimum absolute atomic E-state index is 0.165. The standard InChI is InChI=1S/C27H29BrN2O3/c1-18(2)15-16-33-25-14-13-21(17-23(25)28)26(31)30-24-12-8-7-11-22(24)27(32)29-19(3)20-9-5-4-6-10-20/h4-14,17-19H,15-16H2,1-3H3,(H,29,32)(H,30,31). The van der Waals surface area contributed by atoms with Gasteiger partial charge in [0.25, 0.3) is 11.8 Å². The first-order valence-electron chi connectivity index (χ1n) is 11.0. The fourth-order valence-corrected chi connectivity index (χ4v) is 3.74. The van der Waals surface area contributed by atoms with Gasteiger partial charge in [-0.1, -0.05) is 56.3 Å². The Morgan fingerprint density at radius 3 is 2.30 bits per heavy atom. The molecule has 3 rings (SSSR count). The fourth-order valence-electron chi connectivity index (χ4n) is 3.25. The zero-order valence-electron chi connectivity index (χ0n) is 19.1. The van der Waals surface area contributed by atoms with Gasteiger partial charge in [0.15, 0.2) is 0 Å². The van der Waals surface area contributed by atoms with Crippen LogP contribution in [0.5, 0.6) is 5.75 Å². The van der Waals surface area contributed by atoms with Gasteiger partial charge in [0.05, 0.1) is 28.4 Å². The summed E-state index contributed by atoms with van der Waals surface area (Å²) < 4.78 is 6.50. The third kappa shape index (κ3) is 6.93. The number of ether oxygens (including phenoxy) is 1. The summed E-state index contributed by atoms with van der Waals surface area (Å²) in [6.45, 7) is 6.83. The maximum absolute atomic E-state index is 12.9. The second-order valence-electron chi connectivity index (χ2n) is 8.28. The van der Waals surface area contributed by atoms with E-state index in [-0.39, 0.29) is 17.9 Å². The summed E-state index contributed by atoms with van der Waals surface area (Å²) >= 11 is 3.49. The van der Waals surface area contributed by atoms with Crippen LogP contribution in [0.25, 0.3) is 0 Å². The highest BCUT2D eigenvalue weighted by atomic mass is 79.9. The molecule has 0 fully saturated rings. The minimum atomic E-state index is -0.305. The predicted octanol–water partition coefficient (Wildman–Crippen LogP) is 6.62. The monoisotopic (exact) mass is 508 g/mol. The molecule has 3 aromatic carbocycles. The van der Waals surface area contributed by atoms with Crippen molar-refractivity contribution in [3.05, 3.63) is 94.0 Å². The highest BCUT2D eigenvalue weighted by molar-refractivity contribution is 9.10. The average molecular weight is 509 g/mol. The smallest absolute Gasteiger partial charge is 0.255 e. The van der Waals surface area contributed by atoms with E-state index in [1.807, 2.05) is 37.3 Å². The topological polar surface area (TPSA) is 67.4 Å². The van der Waals surface area contributed by atoms with E-state index in [0.717, 1.165) is 12.0 Å². The summed E-state index contributed by atoms with van der Waals surface area (Å²) in [5, 5.41) is 5.86. The molecule has 0 spiro atoms. The van der Waals surface area contributed by atoms with Crippen LogP contribution in [-0.4, -0.2) is 18.4 Å². The Morgan fingerprint density at radius 2 is 1.61 bits per heavy atom. The lowest BCUT2D eigenvalue weighted by Gasteiger charge is -2.16. The molecule has 0 saturated heterocycles. The first kappa shape index (κ1) is 24.5. The molecule has 172 valence electrons. The molecule has 0 radical (unpaired) electrons. The van der Waals surface area contributed by atoms with Gasteiger partial charge < -0.3 is 15.4 Å². The van der Waals surface area contributed by atoms with Gasteiger partial charge in [-0.05, 0) is 71.1 Å². The maximum Gasteiger partial charge on any atom is 0.255 e. The number of hydrogen-bond donors (Lipinski definition) is 2. The lowest BCUT2D eigenvalue weighted by molar-refractivity contribution is 0.0940. The van der Waals surface area contributed by atoms with E-state index in [4.69, 9.17) is 4.74 Å². The molecule has 6 heteroatoms. The number of amides is 2. The second-order valence-corrected chi connectivity index (χ2v) is 9.14. The Balaban J connectivity index is 1.69. The van der Waals surface area contributed by atoms with Crippen molar-refractivity contribution in [2.24, 2.45) is 5.92 Å². The quantitative estimate of drug-likeness (QED) is 0.341. The predicted molar refractivity (Wildman–Crippen MR) is 136 cm³/mol. The molecule has 1 unspecified atom stereocenters. The summed E-state index contributed by atoms with van der Waals surface area (Å²) in [5.74, 6) is 0.696. The lowest BCUT2D eigenvalue weighted by Crippen LogP contribution is -2.28. The molecular weight excluding hydrogens is 480 g/mol. The molecule has 33 heavy (non-hydrogen) atoms. The molecule has 0 saturated carbocycles. The van der Waals surface area contributed by atoms with Crippen molar-refractivity contribution in [2.45, 2.75) is 33.2 Å². The molecule has 0 bridgehead atoms. The van der Waals surface area contributed by atoms with Gasteiger partial charge in [0.1, 0.15) is 5.75 Å². The van der Waals surface area contributed by atoms with Crippen molar-refractivity contribution in [2.75, 3.05) is 11.9 Å². The number of anilines is 1. The number of nitrogens with one attached hydrogen (secondary N) is 2. The Kier molecular flexibility index (Phi) is 8.66. The van der Waals surface area contributed by atoms with E-state index in [0.29, 0.717) is 39.6 Å². The van der Waals surface area contributed by atoms with Crippen LogP contribution in [0.15, 0.2) is 77.3 Å². The number of halogens is 1. The number of hydrogen-bond acceptors (Lipinski definition) is 3. The Hall–Kier alpha value is -3.12. The Labute approximate surface area is 203 Å². The molecule has 0 aliphatic heterocycles. The number of benzene rings is 3. The minimum Gasteiger partial charge on any atom is -0.492 e. The fraction of sp³-hybridized carbons (Fsp3) is 0.259. The highest BCUT2D eigenvalue weighted by Gasteiger charge is 2.17. The van der Waals surface area contributed by atoms with Crippen molar-refractivity contribution >= 4 is 33.4 Å². The first-order valence-corrected chi connectivity index (χ1v) is 11.8. The number of para-hydroxylation sites is 1. The van der Waals surface area contributed by atoms with Gasteiger partial charge in [-0.15, -0.1) is 0 Å². The van der Waals surface area contributed by atoms with Crippen LogP contribution in [0.4, 0.5) is 5.69 Å². The molecule has 0 aliphatic carbocycles. The lowest BCUT2D eigenvalue weighted by atomic mass is 10.1. The van der Waals surface area contributed by atoms with Crippen molar-refractivity contribution in [3.63, 3.8) is 0 Å². The van der Waals surface area contributed by atoms with Crippen molar-refractivity contribution in [1.82, 2.24) is 5.32 Å². The summed E-state index contributed by atoms with van der Waals surface area (Å²) in [7, 11) is 0. The van der Waals surface area contributed by atoms with E-state index in [9.17, 15) is 9.59 Å². The molecular formula is C27H29BrN2O3. The van der Waals surface area contributed by atoms with Crippen LogP contribution < -0.4 is 15.4 Å². The van der Waals surface area contributed by atoms with Crippen LogP contribution in [0.2, 0.25) is 0 Å². The van der Waals surface area contributed by atoms with Crippen molar-refractivity contribution in [3.8, 4) is 5.75 Å². The van der Waals surface area contributed by atoms with Crippen LogP contribution in [0.1, 0.15) is 59.5 Å². The van der Waals surface area contributed by atoms with Gasteiger partial charge >= 0.3 is 0 Å². The molecule has 1 atom stereocenters. The highest BCUT2D eigenvalue weighted by Crippen LogP contribution is 2.27. The molecule has 2 N–H and O–H groups in total. The van der Waals surface area contributed by atoms with Gasteiger partial charge in [-0.25, -0.2) is 0 Å². The van der Waals surface area contributed by atoms with Crippen molar-refractivity contribution < 1.29 is 14.3 Å². The van der Waals surface area contributed by atoms with E-state index < -0.39 is 0 Å². The van der Waals surface area contributed by atoms with Crippen LogP contribution in [-0.2, 0) is 0 Å². The van der Waals surface area contributed by atoms with E-state index in [2.05, 4.69) is 40.4 Å². The second kappa shape index (κ2) is 11.7. The van der Waals surface area contributed by atoms with Gasteiger partial charge in [0, 0.05) is 5.56 Å². The molecule has 2 amide bonds. The summed E-state index contributed by atoms with van der Waals surface area (Å²) in [6.07, 6.45) is 0.955. The SMILES string of the molecule is CC(C)CCOc1ccc(C(=O)Nc2ccccc2C(=O)NC(C)c2ccccc2)cc1Br. The van der Waals surface area contributed by atoms with Crippen LogP contribution in [0, 0.1) is 5.92 Å². The first-order chi connectivity index (χ1) is 15.8. The van der Waals surface area contributed by atoms with Gasteiger partial charge in [-0.3, -0.25) is 9.59 Å². The molecule has 3 aromatic rings. The molecule has 0 aromatic heterocycles. The van der Waals surface area contributed by atoms with Gasteiger partial charge in [-0.2, -0.15) is 0 Å². The third-order valence-corrected chi connectivity index (χ3v) is 5.83. The number of rotatable bonds is 9. The number of carbonyl (C=O) groups is 2. The summed E-state index contributed by atoms with van der Waals surface area (Å²) in [6, 6.07) is 21.8. The third-order valence-electron chi connectivity index (χ3n) is 5.21. The summed E-state index contributed by atoms with van der Waals surface area (Å²) in [5.41, 5.74) is 2.33. The normalized spacial score (nSPS) is 11.7. The van der Waals surface area contributed by atoms with Crippen molar-refractivity contribution in [1.29, 1.82) is 0 Å². The zero-order valence-corrected chi connectivity index (χ0v) is 20.7. The van der Waals surface area contributed by atoms with E-state index in [1.54, 1.807) is 42.5 Å². The summed E-state index contributed by atoms with van der Waals surface area (Å²) in [4.78, 5) is 25.8. The Bertz CT molecular complexity index is 1100. The van der Waals surface area contributed by atoms with Gasteiger partial charge in [0.2, 0.25) is 0 Å². The van der Waals surface area contributed by atoms with Crippen LogP contribution >= 0.6 is 15.9 Å².